The summed E-state index contributed by atoms with van der Waals surface area (Å²) in [6.45, 7) is 15.0. The van der Waals surface area contributed by atoms with E-state index in [0.29, 0.717) is 5.02 Å². The van der Waals surface area contributed by atoms with E-state index in [1.807, 2.05) is 19.9 Å². The molecule has 0 saturated carbocycles. The van der Waals surface area contributed by atoms with E-state index in [1.54, 1.807) is 0 Å². The standard InChI is InChI=1S/C14H22Cl2OSi/c1-9-8-11(13(16)10(2)12(9)15)17-18(6,7)14(3,4)5/h8H,1-7H3. The smallest absolute Gasteiger partial charge is 0.250 e. The predicted octanol–water partition coefficient (Wildman–Crippen LogP) is 5.99. The maximum absolute atomic E-state index is 6.34. The van der Waals surface area contributed by atoms with Gasteiger partial charge in [-0.15, -0.1) is 0 Å². The Morgan fingerprint density at radius 3 is 2.00 bits per heavy atom. The molecule has 0 heterocycles. The van der Waals surface area contributed by atoms with Crippen molar-refractivity contribution in [1.29, 1.82) is 0 Å². The summed E-state index contributed by atoms with van der Waals surface area (Å²) >= 11 is 12.5. The van der Waals surface area contributed by atoms with E-state index in [4.69, 9.17) is 27.6 Å². The molecule has 0 aromatic heterocycles. The van der Waals surface area contributed by atoms with Gasteiger partial charge < -0.3 is 4.43 Å². The topological polar surface area (TPSA) is 9.23 Å². The Labute approximate surface area is 122 Å². The number of aryl methyl sites for hydroxylation is 1. The first-order valence-corrected chi connectivity index (χ1v) is 9.78. The molecule has 1 rings (SSSR count). The van der Waals surface area contributed by atoms with Crippen LogP contribution < -0.4 is 4.43 Å². The lowest BCUT2D eigenvalue weighted by Crippen LogP contribution is -2.44. The van der Waals surface area contributed by atoms with E-state index in [9.17, 15) is 0 Å². The zero-order valence-corrected chi connectivity index (χ0v) is 14.8. The van der Waals surface area contributed by atoms with Crippen molar-refractivity contribution in [3.05, 3.63) is 27.2 Å². The Balaban J connectivity index is 3.22. The van der Waals surface area contributed by atoms with E-state index < -0.39 is 8.32 Å². The number of rotatable bonds is 2. The fourth-order valence-corrected chi connectivity index (χ4v) is 2.87. The van der Waals surface area contributed by atoms with Gasteiger partial charge in [-0.05, 0) is 49.2 Å². The molecule has 0 radical (unpaired) electrons. The summed E-state index contributed by atoms with van der Waals surface area (Å²) in [5.41, 5.74) is 1.90. The van der Waals surface area contributed by atoms with E-state index in [0.717, 1.165) is 21.9 Å². The summed E-state index contributed by atoms with van der Waals surface area (Å²) in [5.74, 6) is 0.766. The van der Waals surface area contributed by atoms with Gasteiger partial charge in [0.2, 0.25) is 0 Å². The van der Waals surface area contributed by atoms with Crippen molar-refractivity contribution in [3.63, 3.8) is 0 Å². The van der Waals surface area contributed by atoms with E-state index in [2.05, 4.69) is 33.9 Å². The number of halogens is 2. The molecule has 4 heteroatoms. The van der Waals surface area contributed by atoms with Gasteiger partial charge in [0, 0.05) is 5.02 Å². The number of hydrogen-bond donors (Lipinski definition) is 0. The van der Waals surface area contributed by atoms with Gasteiger partial charge in [0.1, 0.15) is 5.75 Å². The lowest BCUT2D eigenvalue weighted by atomic mass is 10.1. The summed E-state index contributed by atoms with van der Waals surface area (Å²) in [6.07, 6.45) is 0. The van der Waals surface area contributed by atoms with Crippen LogP contribution >= 0.6 is 23.2 Å². The first-order valence-electron chi connectivity index (χ1n) is 6.11. The third-order valence-electron chi connectivity index (χ3n) is 3.74. The number of benzene rings is 1. The van der Waals surface area contributed by atoms with Crippen LogP contribution in [0.5, 0.6) is 5.75 Å². The number of hydrogen-bond acceptors (Lipinski definition) is 1. The van der Waals surface area contributed by atoms with Crippen molar-refractivity contribution in [3.8, 4) is 5.75 Å². The van der Waals surface area contributed by atoms with Gasteiger partial charge in [-0.1, -0.05) is 44.0 Å². The molecule has 0 bridgehead atoms. The molecular weight excluding hydrogens is 283 g/mol. The molecule has 0 aliphatic heterocycles. The van der Waals surface area contributed by atoms with Gasteiger partial charge in [0.15, 0.2) is 0 Å². The van der Waals surface area contributed by atoms with Crippen LogP contribution in [0, 0.1) is 13.8 Å². The Morgan fingerprint density at radius 1 is 1.06 bits per heavy atom. The van der Waals surface area contributed by atoms with Crippen LogP contribution in [-0.4, -0.2) is 8.32 Å². The minimum Gasteiger partial charge on any atom is -0.542 e. The lowest BCUT2D eigenvalue weighted by molar-refractivity contribution is 0.492. The Bertz CT molecular complexity index is 462. The molecule has 0 unspecified atom stereocenters. The van der Waals surface area contributed by atoms with Gasteiger partial charge >= 0.3 is 0 Å². The molecule has 1 aromatic carbocycles. The van der Waals surface area contributed by atoms with Crippen molar-refractivity contribution >= 4 is 31.5 Å². The second kappa shape index (κ2) is 5.07. The van der Waals surface area contributed by atoms with Crippen molar-refractivity contribution in [2.24, 2.45) is 0 Å². The molecule has 0 aliphatic carbocycles. The quantitative estimate of drug-likeness (QED) is 0.609. The Hall–Kier alpha value is -0.183. The zero-order chi connectivity index (χ0) is 14.3. The molecule has 102 valence electrons. The predicted molar refractivity (Wildman–Crippen MR) is 83.8 cm³/mol. The van der Waals surface area contributed by atoms with Gasteiger partial charge in [0.05, 0.1) is 5.02 Å². The summed E-state index contributed by atoms with van der Waals surface area (Å²) in [6, 6.07) is 1.94. The lowest BCUT2D eigenvalue weighted by Gasteiger charge is -2.37. The van der Waals surface area contributed by atoms with Crippen molar-refractivity contribution in [1.82, 2.24) is 0 Å². The first-order chi connectivity index (χ1) is 7.97. The summed E-state index contributed by atoms with van der Waals surface area (Å²) in [4.78, 5) is 0. The maximum Gasteiger partial charge on any atom is 0.250 e. The molecule has 0 N–H and O–H groups in total. The maximum atomic E-state index is 6.34. The fourth-order valence-electron chi connectivity index (χ4n) is 1.40. The summed E-state index contributed by atoms with van der Waals surface area (Å²) < 4.78 is 6.26. The largest absolute Gasteiger partial charge is 0.542 e. The van der Waals surface area contributed by atoms with Gasteiger partial charge in [-0.3, -0.25) is 0 Å². The van der Waals surface area contributed by atoms with Gasteiger partial charge in [-0.25, -0.2) is 0 Å². The van der Waals surface area contributed by atoms with Gasteiger partial charge in [0.25, 0.3) is 8.32 Å². The fraction of sp³-hybridized carbons (Fsp3) is 0.571. The molecule has 1 nitrogen and oxygen atoms in total. The zero-order valence-electron chi connectivity index (χ0n) is 12.2. The van der Waals surface area contributed by atoms with Crippen LogP contribution in [0.15, 0.2) is 6.07 Å². The van der Waals surface area contributed by atoms with Crippen LogP contribution in [0.2, 0.25) is 28.2 Å². The van der Waals surface area contributed by atoms with Crippen LogP contribution in [0.3, 0.4) is 0 Å². The molecule has 0 atom stereocenters. The van der Waals surface area contributed by atoms with E-state index in [1.165, 1.54) is 0 Å². The second-order valence-electron chi connectivity index (χ2n) is 6.31. The highest BCUT2D eigenvalue weighted by Gasteiger charge is 2.39. The second-order valence-corrected chi connectivity index (χ2v) is 11.8. The first kappa shape index (κ1) is 15.9. The van der Waals surface area contributed by atoms with Crippen LogP contribution in [0.1, 0.15) is 31.9 Å². The highest BCUT2D eigenvalue weighted by Crippen LogP contribution is 2.41. The van der Waals surface area contributed by atoms with Crippen molar-refractivity contribution in [2.75, 3.05) is 0 Å². The Kier molecular flexibility index (Phi) is 4.47. The minimum atomic E-state index is -1.87. The molecule has 1 aromatic rings. The third kappa shape index (κ3) is 3.04. The average molecular weight is 305 g/mol. The Morgan fingerprint density at radius 2 is 1.56 bits per heavy atom. The molecule has 0 fully saturated rings. The normalized spacial score (nSPS) is 12.7. The van der Waals surface area contributed by atoms with Crippen LogP contribution in [-0.2, 0) is 0 Å². The molecular formula is C14H22Cl2OSi. The summed E-state index contributed by atoms with van der Waals surface area (Å²) in [7, 11) is -1.87. The minimum absolute atomic E-state index is 0.151. The molecule has 0 spiro atoms. The molecule has 0 aliphatic rings. The van der Waals surface area contributed by atoms with Crippen molar-refractivity contribution in [2.45, 2.75) is 52.8 Å². The third-order valence-corrected chi connectivity index (χ3v) is 9.13. The highest BCUT2D eigenvalue weighted by atomic mass is 35.5. The molecule has 0 saturated heterocycles. The average Bonchev–Trinajstić information content (AvgIpc) is 2.21. The molecule has 18 heavy (non-hydrogen) atoms. The van der Waals surface area contributed by atoms with Crippen LogP contribution in [0.4, 0.5) is 0 Å². The van der Waals surface area contributed by atoms with Crippen LogP contribution in [0.25, 0.3) is 0 Å². The monoisotopic (exact) mass is 304 g/mol. The van der Waals surface area contributed by atoms with Gasteiger partial charge in [-0.2, -0.15) is 0 Å². The van der Waals surface area contributed by atoms with E-state index >= 15 is 0 Å². The summed E-state index contributed by atoms with van der Waals surface area (Å²) in [5, 5.41) is 1.51. The van der Waals surface area contributed by atoms with Crippen molar-refractivity contribution < 1.29 is 4.43 Å². The highest BCUT2D eigenvalue weighted by molar-refractivity contribution is 6.74. The van der Waals surface area contributed by atoms with E-state index in [-0.39, 0.29) is 5.04 Å². The molecule has 0 amide bonds. The SMILES string of the molecule is Cc1cc(O[Si](C)(C)C(C)(C)C)c(Cl)c(C)c1Cl.